The molecule has 8 heteroatoms. The molecule has 6 nitrogen and oxygen atoms in total. The summed E-state index contributed by atoms with van der Waals surface area (Å²) >= 11 is 12.4. The van der Waals surface area contributed by atoms with Gasteiger partial charge in [-0.15, -0.1) is 11.6 Å². The highest BCUT2D eigenvalue weighted by Crippen LogP contribution is 2.28. The minimum atomic E-state index is -0.872. The van der Waals surface area contributed by atoms with Gasteiger partial charge in [0.2, 0.25) is 5.96 Å². The Morgan fingerprint density at radius 3 is 2.77 bits per heavy atom. The van der Waals surface area contributed by atoms with Crippen LogP contribution in [0, 0.1) is 0 Å². The van der Waals surface area contributed by atoms with E-state index in [2.05, 4.69) is 20.5 Å². The molecule has 0 radical (unpaired) electrons. The van der Waals surface area contributed by atoms with Gasteiger partial charge in [0.1, 0.15) is 5.82 Å². The zero-order valence-electron chi connectivity index (χ0n) is 13.0. The van der Waals surface area contributed by atoms with Crippen LogP contribution in [0.25, 0.3) is 0 Å². The fraction of sp³-hybridized carbons (Fsp3) is 0.786. The van der Waals surface area contributed by atoms with Crippen molar-refractivity contribution in [3.8, 4) is 0 Å². The molecule has 1 saturated heterocycles. The predicted molar refractivity (Wildman–Crippen MR) is 89.3 cm³/mol. The van der Waals surface area contributed by atoms with Crippen molar-refractivity contribution in [2.75, 3.05) is 38.7 Å². The molecule has 2 rings (SSSR count). The van der Waals surface area contributed by atoms with Gasteiger partial charge in [-0.05, 0) is 19.9 Å². The minimum Gasteiger partial charge on any atom is -0.389 e. The Morgan fingerprint density at radius 1 is 1.50 bits per heavy atom. The van der Waals surface area contributed by atoms with Crippen LogP contribution in [0.3, 0.4) is 0 Å². The lowest BCUT2D eigenvalue weighted by Crippen LogP contribution is -2.52. The summed E-state index contributed by atoms with van der Waals surface area (Å²) in [5.41, 5.74) is -0.822. The largest absolute Gasteiger partial charge is 0.389 e. The van der Waals surface area contributed by atoms with Gasteiger partial charge in [-0.1, -0.05) is 11.6 Å². The molecule has 126 valence electrons. The molecule has 0 aromatic heterocycles. The molecule has 2 aliphatic heterocycles. The Morgan fingerprint density at radius 2 is 2.18 bits per heavy atom. The number of ether oxygens (including phenoxy) is 1. The summed E-state index contributed by atoms with van der Waals surface area (Å²) in [5, 5.41) is 16.3. The average molecular weight is 351 g/mol. The topological polar surface area (TPSA) is 69.1 Å². The van der Waals surface area contributed by atoms with Gasteiger partial charge >= 0.3 is 0 Å². The molecule has 0 aliphatic carbocycles. The Kier molecular flexibility index (Phi) is 5.82. The number of aliphatic hydroxyl groups is 1. The monoisotopic (exact) mass is 350 g/mol. The summed E-state index contributed by atoms with van der Waals surface area (Å²) in [6, 6.07) is 0. The third-order valence-electron chi connectivity index (χ3n) is 3.37. The number of rotatable bonds is 5. The minimum absolute atomic E-state index is 0.399. The van der Waals surface area contributed by atoms with E-state index in [0.717, 1.165) is 18.9 Å². The van der Waals surface area contributed by atoms with Crippen LogP contribution in [0.2, 0.25) is 0 Å². The second kappa shape index (κ2) is 7.25. The van der Waals surface area contributed by atoms with E-state index in [1.807, 2.05) is 6.08 Å². The third-order valence-corrected chi connectivity index (χ3v) is 3.94. The van der Waals surface area contributed by atoms with Crippen molar-refractivity contribution in [3.63, 3.8) is 0 Å². The molecule has 0 aromatic rings. The molecule has 22 heavy (non-hydrogen) atoms. The summed E-state index contributed by atoms with van der Waals surface area (Å²) in [6.45, 7) is 6.75. The molecule has 1 atom stereocenters. The second-order valence-corrected chi connectivity index (χ2v) is 7.17. The Balaban J connectivity index is 2.12. The van der Waals surface area contributed by atoms with Crippen molar-refractivity contribution in [2.24, 2.45) is 4.99 Å². The van der Waals surface area contributed by atoms with E-state index in [1.54, 1.807) is 13.8 Å². The first-order valence-electron chi connectivity index (χ1n) is 7.45. The van der Waals surface area contributed by atoms with Crippen molar-refractivity contribution in [1.82, 2.24) is 15.5 Å². The van der Waals surface area contributed by atoms with E-state index < -0.39 is 10.6 Å². The zero-order valence-corrected chi connectivity index (χ0v) is 14.5. The number of morpholine rings is 1. The first kappa shape index (κ1) is 17.7. The van der Waals surface area contributed by atoms with Crippen LogP contribution in [-0.4, -0.2) is 65.3 Å². The number of aliphatic imine (C=N–C) groups is 1. The Bertz CT molecular complexity index is 445. The van der Waals surface area contributed by atoms with Crippen molar-refractivity contribution < 1.29 is 9.84 Å². The highest BCUT2D eigenvalue weighted by Gasteiger charge is 2.31. The maximum Gasteiger partial charge on any atom is 0.201 e. The highest BCUT2D eigenvalue weighted by atomic mass is 35.5. The number of halogens is 2. The fourth-order valence-corrected chi connectivity index (χ4v) is 2.87. The van der Waals surface area contributed by atoms with E-state index in [0.29, 0.717) is 38.0 Å². The fourth-order valence-electron chi connectivity index (χ4n) is 2.21. The number of guanidine groups is 1. The Hall–Kier alpha value is -0.690. The molecule has 2 aliphatic rings. The normalized spacial score (nSPS) is 26.1. The molecule has 0 amide bonds. The van der Waals surface area contributed by atoms with Gasteiger partial charge in [0, 0.05) is 31.9 Å². The number of hydrogen-bond acceptors (Lipinski definition) is 6. The molecule has 0 aromatic carbocycles. The molecular formula is C14H24Cl2N4O2. The van der Waals surface area contributed by atoms with Crippen LogP contribution in [-0.2, 0) is 4.74 Å². The first-order chi connectivity index (χ1) is 10.3. The van der Waals surface area contributed by atoms with Gasteiger partial charge in [-0.25, -0.2) is 4.99 Å². The first-order valence-corrected chi connectivity index (χ1v) is 8.36. The number of hydrogen-bond donors (Lipinski definition) is 3. The second-order valence-electron chi connectivity index (χ2n) is 6.14. The van der Waals surface area contributed by atoms with Crippen LogP contribution in [0.4, 0.5) is 0 Å². The standard InChI is InChI=1S/C14H24Cl2N4O2/c1-13(2,21)10-17-11-9-14(16,3-4-15)19-12(18-11)20-5-7-22-8-6-20/h9,17,21H,3-8,10H2,1-2H3,(H,18,19). The summed E-state index contributed by atoms with van der Waals surface area (Å²) < 4.78 is 5.37. The lowest BCUT2D eigenvalue weighted by molar-refractivity contribution is 0.0661. The molecule has 0 saturated carbocycles. The zero-order chi connectivity index (χ0) is 16.2. The molecule has 1 unspecified atom stereocenters. The molecule has 2 heterocycles. The SMILES string of the molecule is CC(C)(O)CNC1=CC(Cl)(CCCl)N=C(N2CCOCC2)N1. The maximum atomic E-state index is 9.87. The highest BCUT2D eigenvalue weighted by molar-refractivity contribution is 6.27. The molecule has 0 bridgehead atoms. The van der Waals surface area contributed by atoms with Crippen molar-refractivity contribution in [2.45, 2.75) is 30.9 Å². The summed E-state index contributed by atoms with van der Waals surface area (Å²) in [6.07, 6.45) is 2.34. The van der Waals surface area contributed by atoms with Crippen LogP contribution in [0.5, 0.6) is 0 Å². The number of alkyl halides is 2. The van der Waals surface area contributed by atoms with Gasteiger partial charge in [0.15, 0.2) is 5.00 Å². The quantitative estimate of drug-likeness (QED) is 0.510. The summed E-state index contributed by atoms with van der Waals surface area (Å²) in [4.78, 5) is 5.83. The smallest absolute Gasteiger partial charge is 0.201 e. The van der Waals surface area contributed by atoms with Crippen molar-refractivity contribution in [3.05, 3.63) is 11.9 Å². The summed E-state index contributed by atoms with van der Waals surface area (Å²) in [7, 11) is 0. The van der Waals surface area contributed by atoms with E-state index in [9.17, 15) is 5.11 Å². The van der Waals surface area contributed by atoms with Gasteiger partial charge < -0.3 is 25.4 Å². The van der Waals surface area contributed by atoms with Crippen molar-refractivity contribution >= 4 is 29.2 Å². The van der Waals surface area contributed by atoms with E-state index in [1.165, 1.54) is 0 Å². The van der Waals surface area contributed by atoms with E-state index >= 15 is 0 Å². The van der Waals surface area contributed by atoms with Gasteiger partial charge in [0.25, 0.3) is 0 Å². The van der Waals surface area contributed by atoms with Crippen LogP contribution < -0.4 is 10.6 Å². The maximum absolute atomic E-state index is 9.87. The van der Waals surface area contributed by atoms with Gasteiger partial charge in [-0.3, -0.25) is 0 Å². The number of nitrogens with one attached hydrogen (secondary N) is 2. The van der Waals surface area contributed by atoms with E-state index in [-0.39, 0.29) is 0 Å². The van der Waals surface area contributed by atoms with Crippen LogP contribution in [0.15, 0.2) is 16.9 Å². The predicted octanol–water partition coefficient (Wildman–Crippen LogP) is 1.04. The van der Waals surface area contributed by atoms with E-state index in [4.69, 9.17) is 27.9 Å². The van der Waals surface area contributed by atoms with Crippen LogP contribution >= 0.6 is 23.2 Å². The molecule has 0 spiro atoms. The lowest BCUT2D eigenvalue weighted by atomic mass is 10.1. The third kappa shape index (κ3) is 5.19. The molecule has 1 fully saturated rings. The summed E-state index contributed by atoms with van der Waals surface area (Å²) in [5.74, 6) is 1.86. The van der Waals surface area contributed by atoms with Gasteiger partial charge in [-0.2, -0.15) is 0 Å². The van der Waals surface area contributed by atoms with Gasteiger partial charge in [0.05, 0.1) is 18.8 Å². The average Bonchev–Trinajstić information content (AvgIpc) is 2.45. The van der Waals surface area contributed by atoms with Crippen molar-refractivity contribution in [1.29, 1.82) is 0 Å². The molecular weight excluding hydrogens is 327 g/mol. The lowest BCUT2D eigenvalue weighted by Gasteiger charge is -2.36. The Labute approximate surface area is 141 Å². The molecule has 3 N–H and O–H groups in total. The number of nitrogens with zero attached hydrogens (tertiary/aromatic N) is 2. The van der Waals surface area contributed by atoms with Crippen LogP contribution in [0.1, 0.15) is 20.3 Å².